The van der Waals surface area contributed by atoms with E-state index < -0.39 is 23.6 Å². The summed E-state index contributed by atoms with van der Waals surface area (Å²) in [7, 11) is 0. The monoisotopic (exact) mass is 348 g/mol. The Morgan fingerprint density at radius 3 is 2.46 bits per heavy atom. The van der Waals surface area contributed by atoms with E-state index >= 15 is 0 Å². The molecule has 0 bridgehead atoms. The molecule has 0 atom stereocenters. The molecule has 0 aliphatic carbocycles. The average Bonchev–Trinajstić information content (AvgIpc) is 2.80. The van der Waals surface area contributed by atoms with Gasteiger partial charge in [0, 0.05) is 5.56 Å². The Balaban J connectivity index is 1.86. The van der Waals surface area contributed by atoms with Gasteiger partial charge in [-0.15, -0.1) is 0 Å². The molecule has 3 rings (SSSR count). The molecule has 7 heteroatoms. The van der Waals surface area contributed by atoms with Gasteiger partial charge in [-0.25, -0.2) is 13.6 Å². The largest absolute Gasteiger partial charge is 0.329 e. The van der Waals surface area contributed by atoms with Crippen LogP contribution in [0.1, 0.15) is 11.1 Å². The van der Waals surface area contributed by atoms with Crippen molar-refractivity contribution in [3.05, 3.63) is 75.9 Å². The van der Waals surface area contributed by atoms with Crippen LogP contribution in [0.25, 0.3) is 6.08 Å². The van der Waals surface area contributed by atoms with Gasteiger partial charge in [0.1, 0.15) is 17.3 Å². The van der Waals surface area contributed by atoms with E-state index in [1.165, 1.54) is 48.5 Å². The molecule has 3 amide bonds. The van der Waals surface area contributed by atoms with Gasteiger partial charge in [0.05, 0.1) is 11.6 Å². The molecule has 0 radical (unpaired) electrons. The number of urea groups is 1. The summed E-state index contributed by atoms with van der Waals surface area (Å²) in [5.74, 6) is -1.62. The lowest BCUT2D eigenvalue weighted by atomic mass is 10.1. The summed E-state index contributed by atoms with van der Waals surface area (Å²) in [4.78, 5) is 25.3. The molecule has 24 heavy (non-hydrogen) atoms. The van der Waals surface area contributed by atoms with Crippen molar-refractivity contribution in [1.82, 2.24) is 10.2 Å². The van der Waals surface area contributed by atoms with Gasteiger partial charge < -0.3 is 5.32 Å². The van der Waals surface area contributed by atoms with Crippen molar-refractivity contribution in [2.75, 3.05) is 0 Å². The summed E-state index contributed by atoms with van der Waals surface area (Å²) in [5.41, 5.74) is 0.533. The summed E-state index contributed by atoms with van der Waals surface area (Å²) in [6.07, 6.45) is 1.20. The third-order valence-corrected chi connectivity index (χ3v) is 3.83. The van der Waals surface area contributed by atoms with Gasteiger partial charge in [-0.05, 0) is 35.9 Å². The first kappa shape index (κ1) is 16.1. The standard InChI is InChI=1S/C17H11ClF2N2O2/c18-13-2-1-3-14(20)12(13)8-15-16(23)22(17(24)21-15)9-10-4-6-11(19)7-5-10/h1-8H,9H2,(H,21,24)/b15-8+. The quantitative estimate of drug-likeness (QED) is 0.679. The maximum Gasteiger partial charge on any atom is 0.329 e. The second-order valence-corrected chi connectivity index (χ2v) is 5.55. The van der Waals surface area contributed by atoms with Crippen LogP contribution < -0.4 is 5.32 Å². The number of hydrogen-bond donors (Lipinski definition) is 1. The van der Waals surface area contributed by atoms with Crippen molar-refractivity contribution in [3.63, 3.8) is 0 Å². The molecule has 2 aromatic carbocycles. The SMILES string of the molecule is O=C1N/C(=C/c2c(F)cccc2Cl)C(=O)N1Cc1ccc(F)cc1. The Hall–Kier alpha value is -2.73. The number of nitrogens with zero attached hydrogens (tertiary/aromatic N) is 1. The summed E-state index contributed by atoms with van der Waals surface area (Å²) >= 11 is 5.92. The smallest absolute Gasteiger partial charge is 0.303 e. The molecule has 1 N–H and O–H groups in total. The van der Waals surface area contributed by atoms with Crippen molar-refractivity contribution in [2.45, 2.75) is 6.54 Å². The molecule has 4 nitrogen and oxygen atoms in total. The van der Waals surface area contributed by atoms with Crippen LogP contribution in [-0.4, -0.2) is 16.8 Å². The van der Waals surface area contributed by atoms with Crippen LogP contribution in [0.3, 0.4) is 0 Å². The third kappa shape index (κ3) is 3.14. The van der Waals surface area contributed by atoms with Crippen molar-refractivity contribution < 1.29 is 18.4 Å². The van der Waals surface area contributed by atoms with Gasteiger partial charge in [-0.2, -0.15) is 0 Å². The minimum atomic E-state index is -0.636. The lowest BCUT2D eigenvalue weighted by molar-refractivity contribution is -0.123. The molecule has 1 fully saturated rings. The summed E-state index contributed by atoms with van der Waals surface area (Å²) in [5, 5.41) is 2.51. The van der Waals surface area contributed by atoms with Crippen LogP contribution >= 0.6 is 11.6 Å². The fraction of sp³-hybridized carbons (Fsp3) is 0.0588. The van der Waals surface area contributed by atoms with Crippen LogP contribution in [0.15, 0.2) is 48.2 Å². The fourth-order valence-electron chi connectivity index (χ4n) is 2.28. The summed E-state index contributed by atoms with van der Waals surface area (Å²) in [6, 6.07) is 8.92. The number of imide groups is 1. The molecule has 0 saturated carbocycles. The number of hydrogen-bond acceptors (Lipinski definition) is 2. The predicted molar refractivity (Wildman–Crippen MR) is 84.9 cm³/mol. The van der Waals surface area contributed by atoms with Crippen molar-refractivity contribution in [2.24, 2.45) is 0 Å². The topological polar surface area (TPSA) is 49.4 Å². The highest BCUT2D eigenvalue weighted by molar-refractivity contribution is 6.32. The highest BCUT2D eigenvalue weighted by atomic mass is 35.5. The van der Waals surface area contributed by atoms with Gasteiger partial charge in [0.2, 0.25) is 0 Å². The van der Waals surface area contributed by atoms with Gasteiger partial charge in [0.25, 0.3) is 5.91 Å². The Kier molecular flexibility index (Phi) is 4.31. The first-order valence-electron chi connectivity index (χ1n) is 6.98. The predicted octanol–water partition coefficient (Wildman–Crippen LogP) is 3.71. The minimum absolute atomic E-state index is 0.0199. The Morgan fingerprint density at radius 1 is 1.08 bits per heavy atom. The van der Waals surface area contributed by atoms with Crippen molar-refractivity contribution in [1.29, 1.82) is 0 Å². The second-order valence-electron chi connectivity index (χ2n) is 5.14. The number of rotatable bonds is 3. The molecule has 0 unspecified atom stereocenters. The highest BCUT2D eigenvalue weighted by Crippen LogP contribution is 2.24. The molecule has 1 aliphatic rings. The zero-order valence-electron chi connectivity index (χ0n) is 12.2. The maximum absolute atomic E-state index is 13.8. The van der Waals surface area contributed by atoms with E-state index in [1.54, 1.807) is 0 Å². The number of carbonyl (C=O) groups excluding carboxylic acids is 2. The molecule has 2 aromatic rings. The van der Waals surface area contributed by atoms with Gasteiger partial charge in [-0.1, -0.05) is 29.8 Å². The lowest BCUT2D eigenvalue weighted by Gasteiger charge is -2.11. The van der Waals surface area contributed by atoms with Crippen LogP contribution in [0.4, 0.5) is 13.6 Å². The average molecular weight is 349 g/mol. The van der Waals surface area contributed by atoms with E-state index in [9.17, 15) is 18.4 Å². The molecule has 122 valence electrons. The Bertz CT molecular complexity index is 830. The van der Waals surface area contributed by atoms with E-state index in [1.807, 2.05) is 0 Å². The van der Waals surface area contributed by atoms with Crippen LogP contribution in [-0.2, 0) is 11.3 Å². The fourth-order valence-corrected chi connectivity index (χ4v) is 2.50. The van der Waals surface area contributed by atoms with Gasteiger partial charge >= 0.3 is 6.03 Å². The van der Waals surface area contributed by atoms with Gasteiger partial charge in [0.15, 0.2) is 0 Å². The zero-order chi connectivity index (χ0) is 17.3. The van der Waals surface area contributed by atoms with E-state index in [0.29, 0.717) is 5.56 Å². The number of halogens is 3. The number of nitrogens with one attached hydrogen (secondary N) is 1. The molecule has 1 aliphatic heterocycles. The first-order chi connectivity index (χ1) is 11.5. The Labute approximate surface area is 141 Å². The Morgan fingerprint density at radius 2 is 1.79 bits per heavy atom. The molecular weight excluding hydrogens is 338 g/mol. The lowest BCUT2D eigenvalue weighted by Crippen LogP contribution is -2.30. The molecule has 1 saturated heterocycles. The van der Waals surface area contributed by atoms with E-state index in [0.717, 1.165) is 4.90 Å². The summed E-state index contributed by atoms with van der Waals surface area (Å²) < 4.78 is 26.7. The van der Waals surface area contributed by atoms with E-state index in [4.69, 9.17) is 11.6 Å². The molecule has 0 spiro atoms. The van der Waals surface area contributed by atoms with E-state index in [-0.39, 0.29) is 22.8 Å². The summed E-state index contributed by atoms with van der Waals surface area (Å²) in [6.45, 7) is -0.0205. The molecule has 0 aromatic heterocycles. The second kappa shape index (κ2) is 6.41. The van der Waals surface area contributed by atoms with Gasteiger partial charge in [-0.3, -0.25) is 9.69 Å². The van der Waals surface area contributed by atoms with Crippen molar-refractivity contribution >= 4 is 29.6 Å². The third-order valence-electron chi connectivity index (χ3n) is 3.50. The van der Waals surface area contributed by atoms with Crippen molar-refractivity contribution in [3.8, 4) is 0 Å². The number of carbonyl (C=O) groups is 2. The molecular formula is C17H11ClF2N2O2. The first-order valence-corrected chi connectivity index (χ1v) is 7.36. The minimum Gasteiger partial charge on any atom is -0.303 e. The maximum atomic E-state index is 13.8. The van der Waals surface area contributed by atoms with Crippen LogP contribution in [0.5, 0.6) is 0 Å². The zero-order valence-corrected chi connectivity index (χ0v) is 13.0. The van der Waals surface area contributed by atoms with Crippen LogP contribution in [0, 0.1) is 11.6 Å². The molecule has 1 heterocycles. The number of amides is 3. The highest BCUT2D eigenvalue weighted by Gasteiger charge is 2.33. The number of benzene rings is 2. The van der Waals surface area contributed by atoms with E-state index in [2.05, 4.69) is 5.32 Å². The van der Waals surface area contributed by atoms with Crippen LogP contribution in [0.2, 0.25) is 5.02 Å². The normalized spacial score (nSPS) is 16.0.